The van der Waals surface area contributed by atoms with Crippen LogP contribution in [0.15, 0.2) is 48.5 Å². The molecule has 2 aromatic carbocycles. The second-order valence-corrected chi connectivity index (χ2v) is 5.51. The van der Waals surface area contributed by atoms with E-state index in [1.807, 2.05) is 31.2 Å². The zero-order chi connectivity index (χ0) is 15.1. The molecule has 1 N–H and O–H groups in total. The van der Waals surface area contributed by atoms with Crippen LogP contribution in [0.5, 0.6) is 5.75 Å². The van der Waals surface area contributed by atoms with E-state index in [1.54, 1.807) is 6.92 Å². The number of hydrogen-bond donors (Lipinski definition) is 1. The molecule has 0 heterocycles. The molecule has 0 bridgehead atoms. The summed E-state index contributed by atoms with van der Waals surface area (Å²) in [5.41, 5.74) is 3.39. The minimum atomic E-state index is -0.495. The molecule has 2 rings (SSSR count). The van der Waals surface area contributed by atoms with Gasteiger partial charge in [-0.1, -0.05) is 42.5 Å². The zero-order valence-corrected chi connectivity index (χ0v) is 12.9. The highest BCUT2D eigenvalue weighted by Gasteiger charge is 2.09. The number of rotatable bonds is 7. The molecule has 0 amide bonds. The van der Waals surface area contributed by atoms with Crippen molar-refractivity contribution in [1.82, 2.24) is 0 Å². The third-order valence-electron chi connectivity index (χ3n) is 3.58. The molecule has 0 saturated carbocycles. The van der Waals surface area contributed by atoms with Crippen molar-refractivity contribution in [2.75, 3.05) is 6.61 Å². The summed E-state index contributed by atoms with van der Waals surface area (Å²) in [7, 11) is 0. The highest BCUT2D eigenvalue weighted by Crippen LogP contribution is 2.26. The minimum Gasteiger partial charge on any atom is -0.493 e. The molecular weight excluding hydrogens is 260 g/mol. The van der Waals surface area contributed by atoms with Crippen molar-refractivity contribution in [1.29, 1.82) is 0 Å². The Morgan fingerprint density at radius 3 is 2.52 bits per heavy atom. The Balaban J connectivity index is 1.79. The predicted octanol–water partition coefficient (Wildman–Crippen LogP) is 4.45. The molecule has 0 aliphatic rings. The van der Waals surface area contributed by atoms with Crippen LogP contribution < -0.4 is 4.74 Å². The average Bonchev–Trinajstić information content (AvgIpc) is 2.48. The normalized spacial score (nSPS) is 12.1. The highest BCUT2D eigenvalue weighted by molar-refractivity contribution is 5.38. The van der Waals surface area contributed by atoms with Crippen LogP contribution in [-0.4, -0.2) is 11.7 Å². The van der Waals surface area contributed by atoms with E-state index in [2.05, 4.69) is 24.3 Å². The van der Waals surface area contributed by atoms with Crippen molar-refractivity contribution in [3.63, 3.8) is 0 Å². The summed E-state index contributed by atoms with van der Waals surface area (Å²) in [6.45, 7) is 4.50. The van der Waals surface area contributed by atoms with Crippen molar-refractivity contribution in [2.45, 2.75) is 39.2 Å². The first-order chi connectivity index (χ1) is 10.2. The summed E-state index contributed by atoms with van der Waals surface area (Å²) < 4.78 is 5.86. The minimum absolute atomic E-state index is 0.495. The van der Waals surface area contributed by atoms with Crippen molar-refractivity contribution in [3.8, 4) is 5.75 Å². The summed E-state index contributed by atoms with van der Waals surface area (Å²) in [5.74, 6) is 0.810. The summed E-state index contributed by atoms with van der Waals surface area (Å²) in [6, 6.07) is 16.5. The van der Waals surface area contributed by atoms with Gasteiger partial charge >= 0.3 is 0 Å². The van der Waals surface area contributed by atoms with E-state index in [0.29, 0.717) is 6.61 Å². The highest BCUT2D eigenvalue weighted by atomic mass is 16.5. The molecule has 21 heavy (non-hydrogen) atoms. The Kier molecular flexibility index (Phi) is 5.82. The van der Waals surface area contributed by atoms with Crippen molar-refractivity contribution < 1.29 is 9.84 Å². The summed E-state index contributed by atoms with van der Waals surface area (Å²) in [5, 5.41) is 9.77. The fraction of sp³-hybridized carbons (Fsp3) is 0.368. The molecule has 0 aromatic heterocycles. The summed E-state index contributed by atoms with van der Waals surface area (Å²) >= 11 is 0. The second kappa shape index (κ2) is 7.84. The molecule has 0 fully saturated rings. The van der Waals surface area contributed by atoms with Gasteiger partial charge in [-0.05, 0) is 50.3 Å². The van der Waals surface area contributed by atoms with E-state index in [1.165, 1.54) is 5.56 Å². The van der Waals surface area contributed by atoms with Crippen molar-refractivity contribution in [3.05, 3.63) is 65.2 Å². The van der Waals surface area contributed by atoms with Gasteiger partial charge in [0.2, 0.25) is 0 Å². The molecule has 0 aliphatic carbocycles. The lowest BCUT2D eigenvalue weighted by Gasteiger charge is -2.14. The van der Waals surface area contributed by atoms with Gasteiger partial charge in [-0.2, -0.15) is 0 Å². The second-order valence-electron chi connectivity index (χ2n) is 5.51. The summed E-state index contributed by atoms with van der Waals surface area (Å²) in [4.78, 5) is 0. The number of benzene rings is 2. The third-order valence-corrected chi connectivity index (χ3v) is 3.58. The largest absolute Gasteiger partial charge is 0.493 e. The quantitative estimate of drug-likeness (QED) is 0.761. The van der Waals surface area contributed by atoms with E-state index in [0.717, 1.165) is 36.1 Å². The summed E-state index contributed by atoms with van der Waals surface area (Å²) in [6.07, 6.45) is 2.72. The molecule has 0 spiro atoms. The number of ether oxygens (including phenoxy) is 1. The fourth-order valence-electron chi connectivity index (χ4n) is 2.37. The lowest BCUT2D eigenvalue weighted by Crippen LogP contribution is -2.03. The SMILES string of the molecule is Cc1ccc(C(C)O)c(OCCCCc2ccccc2)c1. The Bertz CT molecular complexity index is 547. The lowest BCUT2D eigenvalue weighted by atomic mass is 10.1. The van der Waals surface area contributed by atoms with Crippen LogP contribution in [0, 0.1) is 6.92 Å². The Morgan fingerprint density at radius 1 is 1.05 bits per heavy atom. The smallest absolute Gasteiger partial charge is 0.125 e. The van der Waals surface area contributed by atoms with Crippen LogP contribution >= 0.6 is 0 Å². The average molecular weight is 284 g/mol. The van der Waals surface area contributed by atoms with Gasteiger partial charge in [0.1, 0.15) is 5.75 Å². The van der Waals surface area contributed by atoms with Crippen molar-refractivity contribution >= 4 is 0 Å². The van der Waals surface area contributed by atoms with E-state index < -0.39 is 6.10 Å². The molecular formula is C19H24O2. The third kappa shape index (κ3) is 4.91. The number of aryl methyl sites for hydroxylation is 2. The zero-order valence-electron chi connectivity index (χ0n) is 12.9. The monoisotopic (exact) mass is 284 g/mol. The number of aliphatic hydroxyl groups is 1. The molecule has 0 radical (unpaired) electrons. The van der Waals surface area contributed by atoms with Crippen LogP contribution in [0.25, 0.3) is 0 Å². The first-order valence-electron chi connectivity index (χ1n) is 7.62. The molecule has 1 unspecified atom stereocenters. The molecule has 1 atom stereocenters. The Hall–Kier alpha value is -1.80. The molecule has 112 valence electrons. The predicted molar refractivity (Wildman–Crippen MR) is 86.7 cm³/mol. The number of unbranched alkanes of at least 4 members (excludes halogenated alkanes) is 1. The lowest BCUT2D eigenvalue weighted by molar-refractivity contribution is 0.190. The maximum absolute atomic E-state index is 9.77. The Labute approximate surface area is 127 Å². The van der Waals surface area contributed by atoms with Crippen LogP contribution in [0.2, 0.25) is 0 Å². The van der Waals surface area contributed by atoms with Gasteiger partial charge in [-0.3, -0.25) is 0 Å². The molecule has 2 aromatic rings. The number of hydrogen-bond acceptors (Lipinski definition) is 2. The van der Waals surface area contributed by atoms with Gasteiger partial charge in [0, 0.05) is 5.56 Å². The first-order valence-corrected chi connectivity index (χ1v) is 7.62. The van der Waals surface area contributed by atoms with Gasteiger partial charge in [0.05, 0.1) is 12.7 Å². The maximum atomic E-state index is 9.77. The maximum Gasteiger partial charge on any atom is 0.125 e. The van der Waals surface area contributed by atoms with Crippen LogP contribution in [0.4, 0.5) is 0 Å². The van der Waals surface area contributed by atoms with Gasteiger partial charge in [-0.25, -0.2) is 0 Å². The van der Waals surface area contributed by atoms with Gasteiger partial charge in [-0.15, -0.1) is 0 Å². The molecule has 2 heteroatoms. The first kappa shape index (κ1) is 15.6. The standard InChI is InChI=1S/C19H24O2/c1-15-11-12-18(16(2)20)19(14-15)21-13-7-6-10-17-8-4-3-5-9-17/h3-5,8-9,11-12,14,16,20H,6-7,10,13H2,1-2H3. The molecule has 0 aliphatic heterocycles. The van der Waals surface area contributed by atoms with Gasteiger partial charge in [0.15, 0.2) is 0 Å². The topological polar surface area (TPSA) is 29.5 Å². The van der Waals surface area contributed by atoms with Crippen LogP contribution in [-0.2, 0) is 6.42 Å². The van der Waals surface area contributed by atoms with Crippen LogP contribution in [0.1, 0.15) is 42.6 Å². The van der Waals surface area contributed by atoms with Gasteiger partial charge in [0.25, 0.3) is 0 Å². The molecule has 2 nitrogen and oxygen atoms in total. The van der Waals surface area contributed by atoms with Crippen molar-refractivity contribution in [2.24, 2.45) is 0 Å². The fourth-order valence-corrected chi connectivity index (χ4v) is 2.37. The van der Waals surface area contributed by atoms with Crippen LogP contribution in [0.3, 0.4) is 0 Å². The molecule has 0 saturated heterocycles. The van der Waals surface area contributed by atoms with E-state index >= 15 is 0 Å². The number of aliphatic hydroxyl groups excluding tert-OH is 1. The Morgan fingerprint density at radius 2 is 1.81 bits per heavy atom. The van der Waals surface area contributed by atoms with Gasteiger partial charge < -0.3 is 9.84 Å². The van der Waals surface area contributed by atoms with E-state index in [-0.39, 0.29) is 0 Å². The van der Waals surface area contributed by atoms with E-state index in [4.69, 9.17) is 4.74 Å². The van der Waals surface area contributed by atoms with E-state index in [9.17, 15) is 5.11 Å².